The molecular formula is C20H24ClNO2. The first-order chi connectivity index (χ1) is 11.3. The van der Waals surface area contributed by atoms with E-state index in [1.54, 1.807) is 7.11 Å². The number of hydrogen-bond donors (Lipinski definition) is 0. The van der Waals surface area contributed by atoms with Crippen molar-refractivity contribution in [3.05, 3.63) is 53.6 Å². The second-order valence-electron chi connectivity index (χ2n) is 6.45. The molecule has 0 unspecified atom stereocenters. The Morgan fingerprint density at radius 3 is 2.46 bits per heavy atom. The molecule has 1 fully saturated rings. The van der Waals surface area contributed by atoms with Crippen LogP contribution >= 0.6 is 12.4 Å². The van der Waals surface area contributed by atoms with E-state index in [1.807, 2.05) is 12.1 Å². The highest BCUT2D eigenvalue weighted by atomic mass is 35.5. The summed E-state index contributed by atoms with van der Waals surface area (Å²) < 4.78 is 11.8. The van der Waals surface area contributed by atoms with E-state index in [4.69, 9.17) is 9.47 Å². The van der Waals surface area contributed by atoms with E-state index in [0.717, 1.165) is 49.7 Å². The summed E-state index contributed by atoms with van der Waals surface area (Å²) in [6, 6.07) is 14.8. The smallest absolute Gasteiger partial charge is 0.173 e. The number of rotatable bonds is 2. The van der Waals surface area contributed by atoms with Crippen LogP contribution in [0.3, 0.4) is 0 Å². The van der Waals surface area contributed by atoms with Gasteiger partial charge in [0.15, 0.2) is 11.5 Å². The minimum Gasteiger partial charge on any atom is -0.493 e. The zero-order valence-electron chi connectivity index (χ0n) is 14.2. The SMILES string of the molecule is CCN1CCC2(CC1)c1ccccc1Oc1c(OC)cccc12.Cl. The topological polar surface area (TPSA) is 21.7 Å². The maximum atomic E-state index is 6.24. The van der Waals surface area contributed by atoms with Gasteiger partial charge in [0.2, 0.25) is 0 Å². The molecule has 0 amide bonds. The molecule has 4 rings (SSSR count). The Morgan fingerprint density at radius 1 is 1.04 bits per heavy atom. The maximum absolute atomic E-state index is 6.24. The van der Waals surface area contributed by atoms with E-state index >= 15 is 0 Å². The maximum Gasteiger partial charge on any atom is 0.173 e. The van der Waals surface area contributed by atoms with Gasteiger partial charge in [-0.25, -0.2) is 0 Å². The molecule has 0 atom stereocenters. The summed E-state index contributed by atoms with van der Waals surface area (Å²) >= 11 is 0. The number of piperidine rings is 1. The van der Waals surface area contributed by atoms with Crippen LogP contribution in [0.15, 0.2) is 42.5 Å². The Kier molecular flexibility index (Phi) is 4.75. The third-order valence-corrected chi connectivity index (χ3v) is 5.49. The molecule has 128 valence electrons. The van der Waals surface area contributed by atoms with Crippen molar-refractivity contribution in [3.63, 3.8) is 0 Å². The molecule has 0 aromatic heterocycles. The van der Waals surface area contributed by atoms with Crippen LogP contribution in [0.5, 0.6) is 17.2 Å². The molecule has 4 heteroatoms. The van der Waals surface area contributed by atoms with Gasteiger partial charge < -0.3 is 14.4 Å². The molecule has 0 saturated carbocycles. The van der Waals surface area contributed by atoms with Gasteiger partial charge in [-0.2, -0.15) is 0 Å². The van der Waals surface area contributed by atoms with Crippen LogP contribution in [0.4, 0.5) is 0 Å². The van der Waals surface area contributed by atoms with Crippen molar-refractivity contribution in [1.82, 2.24) is 4.90 Å². The largest absolute Gasteiger partial charge is 0.493 e. The molecule has 0 radical (unpaired) electrons. The number of halogens is 1. The van der Waals surface area contributed by atoms with Crippen molar-refractivity contribution in [2.24, 2.45) is 0 Å². The molecule has 1 spiro atoms. The van der Waals surface area contributed by atoms with E-state index in [2.05, 4.69) is 42.2 Å². The minimum atomic E-state index is 0. The Bertz CT molecular complexity index is 723. The summed E-state index contributed by atoms with van der Waals surface area (Å²) in [5.74, 6) is 2.71. The highest BCUT2D eigenvalue weighted by Gasteiger charge is 2.44. The van der Waals surface area contributed by atoms with Crippen molar-refractivity contribution < 1.29 is 9.47 Å². The highest BCUT2D eigenvalue weighted by Crippen LogP contribution is 2.55. The first-order valence-corrected chi connectivity index (χ1v) is 8.45. The lowest BCUT2D eigenvalue weighted by atomic mass is 9.66. The summed E-state index contributed by atoms with van der Waals surface area (Å²) in [5.41, 5.74) is 2.66. The van der Waals surface area contributed by atoms with Crippen LogP contribution in [-0.2, 0) is 5.41 Å². The number of ether oxygens (including phenoxy) is 2. The van der Waals surface area contributed by atoms with Crippen LogP contribution in [0.1, 0.15) is 30.9 Å². The van der Waals surface area contributed by atoms with Gasteiger partial charge in [0.05, 0.1) is 7.11 Å². The molecular weight excluding hydrogens is 322 g/mol. The van der Waals surface area contributed by atoms with Gasteiger partial charge in [0, 0.05) is 16.5 Å². The molecule has 0 aliphatic carbocycles. The van der Waals surface area contributed by atoms with Gasteiger partial charge in [-0.15, -0.1) is 12.4 Å². The molecule has 24 heavy (non-hydrogen) atoms. The number of likely N-dealkylation sites (tertiary alicyclic amines) is 1. The van der Waals surface area contributed by atoms with Crippen molar-refractivity contribution in [3.8, 4) is 17.2 Å². The molecule has 2 aliphatic rings. The fraction of sp³-hybridized carbons (Fsp3) is 0.400. The summed E-state index contributed by atoms with van der Waals surface area (Å²) in [6.45, 7) is 5.62. The number of nitrogens with zero attached hydrogens (tertiary/aromatic N) is 1. The quantitative estimate of drug-likeness (QED) is 0.792. The Balaban J connectivity index is 0.00000169. The average molecular weight is 346 g/mol. The second kappa shape index (κ2) is 6.66. The number of hydrogen-bond acceptors (Lipinski definition) is 3. The molecule has 0 bridgehead atoms. The van der Waals surface area contributed by atoms with Gasteiger partial charge in [-0.3, -0.25) is 0 Å². The Labute approximate surface area is 150 Å². The lowest BCUT2D eigenvalue weighted by Crippen LogP contribution is -2.44. The molecule has 2 aromatic rings. The van der Waals surface area contributed by atoms with Gasteiger partial charge in [0.1, 0.15) is 5.75 Å². The first-order valence-electron chi connectivity index (χ1n) is 8.45. The number of benzene rings is 2. The van der Waals surface area contributed by atoms with Crippen LogP contribution < -0.4 is 9.47 Å². The van der Waals surface area contributed by atoms with E-state index in [9.17, 15) is 0 Å². The lowest BCUT2D eigenvalue weighted by Gasteiger charge is -2.45. The summed E-state index contributed by atoms with van der Waals surface area (Å²) in [5, 5.41) is 0. The predicted molar refractivity (Wildman–Crippen MR) is 98.9 cm³/mol. The Morgan fingerprint density at radius 2 is 1.75 bits per heavy atom. The van der Waals surface area contributed by atoms with E-state index in [-0.39, 0.29) is 17.8 Å². The van der Waals surface area contributed by atoms with Crippen molar-refractivity contribution in [2.45, 2.75) is 25.2 Å². The van der Waals surface area contributed by atoms with E-state index in [1.165, 1.54) is 11.1 Å². The van der Waals surface area contributed by atoms with Crippen molar-refractivity contribution >= 4 is 12.4 Å². The van der Waals surface area contributed by atoms with Gasteiger partial charge in [0.25, 0.3) is 0 Å². The molecule has 0 N–H and O–H groups in total. The second-order valence-corrected chi connectivity index (χ2v) is 6.45. The van der Waals surface area contributed by atoms with Gasteiger partial charge >= 0.3 is 0 Å². The summed E-state index contributed by atoms with van der Waals surface area (Å²) in [7, 11) is 1.71. The molecule has 3 nitrogen and oxygen atoms in total. The van der Waals surface area contributed by atoms with Gasteiger partial charge in [-0.05, 0) is 44.6 Å². The molecule has 2 aliphatic heterocycles. The third-order valence-electron chi connectivity index (χ3n) is 5.49. The predicted octanol–water partition coefficient (Wildman–Crippen LogP) is 4.62. The number of methoxy groups -OCH3 is 1. The fourth-order valence-electron chi connectivity index (χ4n) is 4.15. The lowest BCUT2D eigenvalue weighted by molar-refractivity contribution is 0.178. The van der Waals surface area contributed by atoms with Gasteiger partial charge in [-0.1, -0.05) is 37.3 Å². The third kappa shape index (κ3) is 2.47. The zero-order chi connectivity index (χ0) is 15.9. The standard InChI is InChI=1S/C20H23NO2.ClH/c1-3-21-13-11-20(12-14-21)15-7-4-5-9-17(15)23-19-16(20)8-6-10-18(19)22-2;/h4-10H,3,11-14H2,1-2H3;1H. The highest BCUT2D eigenvalue weighted by molar-refractivity contribution is 5.85. The van der Waals surface area contributed by atoms with Crippen LogP contribution in [0.25, 0.3) is 0 Å². The summed E-state index contributed by atoms with van der Waals surface area (Å²) in [6.07, 6.45) is 2.25. The van der Waals surface area contributed by atoms with Crippen LogP contribution in [-0.4, -0.2) is 31.6 Å². The fourth-order valence-corrected chi connectivity index (χ4v) is 4.15. The number of fused-ring (bicyclic) bond motifs is 4. The van der Waals surface area contributed by atoms with Crippen molar-refractivity contribution in [2.75, 3.05) is 26.7 Å². The van der Waals surface area contributed by atoms with Crippen molar-refractivity contribution in [1.29, 1.82) is 0 Å². The Hall–Kier alpha value is -1.71. The average Bonchev–Trinajstić information content (AvgIpc) is 2.62. The first kappa shape index (κ1) is 17.1. The van der Waals surface area contributed by atoms with Crippen LogP contribution in [0.2, 0.25) is 0 Å². The van der Waals surface area contributed by atoms with E-state index < -0.39 is 0 Å². The monoisotopic (exact) mass is 345 g/mol. The molecule has 2 aromatic carbocycles. The normalized spacial score (nSPS) is 18.1. The molecule has 1 saturated heterocycles. The van der Waals surface area contributed by atoms with E-state index in [0.29, 0.717) is 0 Å². The zero-order valence-corrected chi connectivity index (χ0v) is 15.1. The molecule has 2 heterocycles. The minimum absolute atomic E-state index is 0. The number of para-hydroxylation sites is 2. The summed E-state index contributed by atoms with van der Waals surface area (Å²) in [4.78, 5) is 2.53. The van der Waals surface area contributed by atoms with Crippen LogP contribution in [0, 0.1) is 0 Å².